The average Bonchev–Trinajstić information content (AvgIpc) is 3.08. The summed E-state index contributed by atoms with van der Waals surface area (Å²) in [5, 5.41) is 12.5. The van der Waals surface area contributed by atoms with Crippen LogP contribution in [0.1, 0.15) is 38.2 Å². The van der Waals surface area contributed by atoms with Crippen LogP contribution in [0.2, 0.25) is 0 Å². The smallest absolute Gasteiger partial charge is 0.101 e. The zero-order valence-electron chi connectivity index (χ0n) is 10.1. The van der Waals surface area contributed by atoms with Crippen LogP contribution in [0.4, 0.5) is 5.69 Å². The molecule has 1 saturated carbocycles. The summed E-state index contributed by atoms with van der Waals surface area (Å²) >= 11 is 3.44. The summed E-state index contributed by atoms with van der Waals surface area (Å²) < 4.78 is 1.01. The SMILES string of the molecule is CCCC1(CNc2cc(Br)ccc2C#N)CC1. The maximum atomic E-state index is 9.05. The van der Waals surface area contributed by atoms with E-state index in [2.05, 4.69) is 34.2 Å². The number of nitrogens with zero attached hydrogens (tertiary/aromatic N) is 1. The Balaban J connectivity index is 2.04. The summed E-state index contributed by atoms with van der Waals surface area (Å²) in [6, 6.07) is 7.97. The minimum Gasteiger partial charge on any atom is -0.383 e. The van der Waals surface area contributed by atoms with Gasteiger partial charge in [0.1, 0.15) is 6.07 Å². The fourth-order valence-electron chi connectivity index (χ4n) is 2.27. The zero-order chi connectivity index (χ0) is 12.3. The highest BCUT2D eigenvalue weighted by molar-refractivity contribution is 9.10. The van der Waals surface area contributed by atoms with Gasteiger partial charge in [0, 0.05) is 11.0 Å². The van der Waals surface area contributed by atoms with E-state index in [0.29, 0.717) is 5.41 Å². The van der Waals surface area contributed by atoms with E-state index in [-0.39, 0.29) is 0 Å². The predicted octanol–water partition coefficient (Wildman–Crippen LogP) is 4.31. The van der Waals surface area contributed by atoms with E-state index in [1.165, 1.54) is 25.7 Å². The Kier molecular flexibility index (Phi) is 3.73. The van der Waals surface area contributed by atoms with Crippen molar-refractivity contribution in [2.45, 2.75) is 32.6 Å². The highest BCUT2D eigenvalue weighted by Gasteiger charge is 2.41. The van der Waals surface area contributed by atoms with Crippen molar-refractivity contribution in [2.24, 2.45) is 5.41 Å². The highest BCUT2D eigenvalue weighted by Crippen LogP contribution is 2.49. The van der Waals surface area contributed by atoms with Crippen LogP contribution in [0.15, 0.2) is 22.7 Å². The van der Waals surface area contributed by atoms with Crippen LogP contribution in [-0.4, -0.2) is 6.54 Å². The molecule has 0 saturated heterocycles. The van der Waals surface area contributed by atoms with Crippen LogP contribution in [0.5, 0.6) is 0 Å². The molecule has 0 atom stereocenters. The largest absolute Gasteiger partial charge is 0.383 e. The van der Waals surface area contributed by atoms with Crippen molar-refractivity contribution in [3.8, 4) is 6.07 Å². The molecule has 1 aliphatic rings. The molecule has 0 aromatic heterocycles. The third-order valence-corrected chi connectivity index (χ3v) is 3.99. The second-order valence-electron chi connectivity index (χ2n) is 4.91. The van der Waals surface area contributed by atoms with Crippen molar-refractivity contribution in [1.82, 2.24) is 0 Å². The first-order valence-corrected chi connectivity index (χ1v) is 6.92. The first kappa shape index (κ1) is 12.4. The normalized spacial score (nSPS) is 16.3. The molecule has 0 aliphatic heterocycles. The van der Waals surface area contributed by atoms with Crippen molar-refractivity contribution in [3.63, 3.8) is 0 Å². The fourth-order valence-corrected chi connectivity index (χ4v) is 2.63. The van der Waals surface area contributed by atoms with Crippen molar-refractivity contribution in [3.05, 3.63) is 28.2 Å². The molecule has 1 aliphatic carbocycles. The summed E-state index contributed by atoms with van der Waals surface area (Å²) in [4.78, 5) is 0. The number of nitriles is 1. The number of nitrogens with one attached hydrogen (secondary N) is 1. The molecule has 2 rings (SSSR count). The van der Waals surface area contributed by atoms with Gasteiger partial charge in [-0.05, 0) is 42.9 Å². The molecule has 17 heavy (non-hydrogen) atoms. The van der Waals surface area contributed by atoms with Gasteiger partial charge in [-0.25, -0.2) is 0 Å². The van der Waals surface area contributed by atoms with Crippen LogP contribution >= 0.6 is 15.9 Å². The molecule has 0 unspecified atom stereocenters. The molecule has 0 bridgehead atoms. The lowest BCUT2D eigenvalue weighted by atomic mass is 10.0. The molecule has 1 aromatic rings. The van der Waals surface area contributed by atoms with Crippen LogP contribution in [-0.2, 0) is 0 Å². The lowest BCUT2D eigenvalue weighted by Crippen LogP contribution is -2.15. The molecule has 0 spiro atoms. The Bertz CT molecular complexity index is 444. The van der Waals surface area contributed by atoms with Crippen LogP contribution < -0.4 is 5.32 Å². The van der Waals surface area contributed by atoms with Gasteiger partial charge >= 0.3 is 0 Å². The molecule has 90 valence electrons. The number of halogens is 1. The Morgan fingerprint density at radius 1 is 1.47 bits per heavy atom. The van der Waals surface area contributed by atoms with Gasteiger partial charge in [-0.2, -0.15) is 5.26 Å². The maximum absolute atomic E-state index is 9.05. The summed E-state index contributed by atoms with van der Waals surface area (Å²) in [6.07, 6.45) is 5.18. The third kappa shape index (κ3) is 3.01. The van der Waals surface area contributed by atoms with Gasteiger partial charge in [0.2, 0.25) is 0 Å². The minimum absolute atomic E-state index is 0.504. The first-order valence-electron chi connectivity index (χ1n) is 6.13. The molecule has 0 amide bonds. The number of benzene rings is 1. The Hall–Kier alpha value is -1.01. The summed E-state index contributed by atoms with van der Waals surface area (Å²) in [6.45, 7) is 3.23. The Labute approximate surface area is 111 Å². The average molecular weight is 293 g/mol. The topological polar surface area (TPSA) is 35.8 Å². The van der Waals surface area contributed by atoms with Gasteiger partial charge in [0.25, 0.3) is 0 Å². The number of hydrogen-bond acceptors (Lipinski definition) is 2. The predicted molar refractivity (Wildman–Crippen MR) is 73.9 cm³/mol. The quantitative estimate of drug-likeness (QED) is 0.878. The van der Waals surface area contributed by atoms with Gasteiger partial charge in [-0.15, -0.1) is 0 Å². The van der Waals surface area contributed by atoms with Gasteiger partial charge in [-0.1, -0.05) is 29.3 Å². The van der Waals surface area contributed by atoms with E-state index in [1.807, 2.05) is 18.2 Å². The van der Waals surface area contributed by atoms with Crippen LogP contribution in [0.3, 0.4) is 0 Å². The van der Waals surface area contributed by atoms with Crippen molar-refractivity contribution < 1.29 is 0 Å². The number of hydrogen-bond donors (Lipinski definition) is 1. The number of anilines is 1. The lowest BCUT2D eigenvalue weighted by Gasteiger charge is -2.16. The first-order chi connectivity index (χ1) is 8.19. The van der Waals surface area contributed by atoms with Gasteiger partial charge in [-0.3, -0.25) is 0 Å². The third-order valence-electron chi connectivity index (χ3n) is 3.49. The van der Waals surface area contributed by atoms with Crippen LogP contribution in [0.25, 0.3) is 0 Å². The van der Waals surface area contributed by atoms with Gasteiger partial charge in [0.15, 0.2) is 0 Å². The summed E-state index contributed by atoms with van der Waals surface area (Å²) in [5.74, 6) is 0. The zero-order valence-corrected chi connectivity index (χ0v) is 11.7. The summed E-state index contributed by atoms with van der Waals surface area (Å²) in [7, 11) is 0. The van der Waals surface area contributed by atoms with E-state index < -0.39 is 0 Å². The van der Waals surface area contributed by atoms with E-state index in [9.17, 15) is 0 Å². The molecule has 3 heteroatoms. The Morgan fingerprint density at radius 3 is 2.82 bits per heavy atom. The maximum Gasteiger partial charge on any atom is 0.101 e. The molecule has 2 nitrogen and oxygen atoms in total. The van der Waals surface area contributed by atoms with Crippen molar-refractivity contribution in [1.29, 1.82) is 5.26 Å². The fraction of sp³-hybridized carbons (Fsp3) is 0.500. The molecular weight excluding hydrogens is 276 g/mol. The second kappa shape index (κ2) is 5.10. The summed E-state index contributed by atoms with van der Waals surface area (Å²) in [5.41, 5.74) is 2.17. The molecule has 1 aromatic carbocycles. The van der Waals surface area contributed by atoms with Crippen molar-refractivity contribution in [2.75, 3.05) is 11.9 Å². The molecule has 1 N–H and O–H groups in total. The van der Waals surface area contributed by atoms with E-state index in [1.54, 1.807) is 0 Å². The monoisotopic (exact) mass is 292 g/mol. The standard InChI is InChI=1S/C14H17BrN2/c1-2-5-14(6-7-14)10-17-13-8-12(15)4-3-11(13)9-16/h3-4,8,17H,2,5-7,10H2,1H3. The van der Waals surface area contributed by atoms with E-state index in [4.69, 9.17) is 5.26 Å². The minimum atomic E-state index is 0.504. The molecule has 0 radical (unpaired) electrons. The number of rotatable bonds is 5. The lowest BCUT2D eigenvalue weighted by molar-refractivity contribution is 0.485. The van der Waals surface area contributed by atoms with E-state index in [0.717, 1.165) is 22.3 Å². The second-order valence-corrected chi connectivity index (χ2v) is 5.82. The van der Waals surface area contributed by atoms with Gasteiger partial charge in [0.05, 0.1) is 11.3 Å². The molecule has 1 fully saturated rings. The highest BCUT2D eigenvalue weighted by atomic mass is 79.9. The van der Waals surface area contributed by atoms with E-state index >= 15 is 0 Å². The Morgan fingerprint density at radius 2 is 2.24 bits per heavy atom. The molecular formula is C14H17BrN2. The van der Waals surface area contributed by atoms with Crippen LogP contribution in [0, 0.1) is 16.7 Å². The van der Waals surface area contributed by atoms with Gasteiger partial charge < -0.3 is 5.32 Å². The van der Waals surface area contributed by atoms with Crippen molar-refractivity contribution >= 4 is 21.6 Å². The molecule has 0 heterocycles.